The van der Waals surface area contributed by atoms with Crippen LogP contribution in [0.1, 0.15) is 11.5 Å². The van der Waals surface area contributed by atoms with Gasteiger partial charge in [-0.1, -0.05) is 23.2 Å². The molecule has 1 fully saturated rings. The molecule has 1 aromatic rings. The van der Waals surface area contributed by atoms with E-state index in [0.29, 0.717) is 12.4 Å². The lowest BCUT2D eigenvalue weighted by atomic mass is 10.0. The van der Waals surface area contributed by atoms with Crippen molar-refractivity contribution in [2.24, 2.45) is 5.41 Å². The van der Waals surface area contributed by atoms with Crippen molar-refractivity contribution in [3.8, 4) is 0 Å². The van der Waals surface area contributed by atoms with Gasteiger partial charge in [0.25, 0.3) is 0 Å². The van der Waals surface area contributed by atoms with E-state index in [0.717, 1.165) is 12.1 Å². The first kappa shape index (κ1) is 12.7. The molecule has 1 aliphatic rings. The third-order valence-electron chi connectivity index (χ3n) is 3.11. The first-order valence-corrected chi connectivity index (χ1v) is 5.55. The van der Waals surface area contributed by atoms with Crippen LogP contribution < -0.4 is 0 Å². The number of aldehydes is 1. The molecule has 0 aromatic heterocycles. The summed E-state index contributed by atoms with van der Waals surface area (Å²) in [6.07, 6.45) is 0.431. The molecule has 2 nitrogen and oxygen atoms in total. The second-order valence-corrected chi connectivity index (χ2v) is 5.46. The Kier molecular flexibility index (Phi) is 2.92. The molecule has 1 aromatic carbocycles. The Morgan fingerprint density at radius 2 is 1.82 bits per heavy atom. The molecule has 0 radical (unpaired) electrons. The predicted molar refractivity (Wildman–Crippen MR) is 59.1 cm³/mol. The van der Waals surface area contributed by atoms with Gasteiger partial charge < -0.3 is 9.90 Å². The van der Waals surface area contributed by atoms with E-state index >= 15 is 0 Å². The molecule has 2 rings (SSSR count). The van der Waals surface area contributed by atoms with Gasteiger partial charge in [-0.05, 0) is 17.7 Å². The van der Waals surface area contributed by atoms with Crippen LogP contribution in [0.25, 0.3) is 0 Å². The lowest BCUT2D eigenvalue weighted by Crippen LogP contribution is -2.16. The maximum atomic E-state index is 13.1. The highest BCUT2D eigenvalue weighted by Crippen LogP contribution is 2.72. The molecule has 2 unspecified atom stereocenters. The normalized spacial score (nSPS) is 30.1. The van der Waals surface area contributed by atoms with Crippen LogP contribution in [0.4, 0.5) is 8.78 Å². The Balaban J connectivity index is 2.46. The number of rotatable bonds is 3. The average Bonchev–Trinajstić information content (AvgIpc) is 2.73. The van der Waals surface area contributed by atoms with Gasteiger partial charge in [-0.25, -0.2) is 8.78 Å². The number of carbonyl (C=O) groups is 1. The monoisotopic (exact) mass is 280 g/mol. The minimum atomic E-state index is -1.54. The van der Waals surface area contributed by atoms with Crippen molar-refractivity contribution < 1.29 is 18.7 Å². The minimum Gasteiger partial charge on any atom is -0.395 e. The molecular formula is C11H8Cl2F2O2. The van der Waals surface area contributed by atoms with E-state index < -0.39 is 33.9 Å². The van der Waals surface area contributed by atoms with Crippen molar-refractivity contribution in [2.45, 2.75) is 10.3 Å². The largest absolute Gasteiger partial charge is 0.395 e. The first-order valence-electron chi connectivity index (χ1n) is 4.80. The zero-order valence-electron chi connectivity index (χ0n) is 8.46. The molecule has 1 aliphatic carbocycles. The van der Waals surface area contributed by atoms with E-state index in [1.807, 2.05) is 0 Å². The molecule has 17 heavy (non-hydrogen) atoms. The van der Waals surface area contributed by atoms with Crippen LogP contribution in [0.2, 0.25) is 0 Å². The SMILES string of the molecule is O=CC1(CO)C(c2cc(F)cc(F)c2)C1(Cl)Cl. The van der Waals surface area contributed by atoms with Crippen LogP contribution in [0, 0.1) is 17.0 Å². The maximum Gasteiger partial charge on any atom is 0.141 e. The van der Waals surface area contributed by atoms with Crippen molar-refractivity contribution in [1.29, 1.82) is 0 Å². The highest BCUT2D eigenvalue weighted by atomic mass is 35.5. The van der Waals surface area contributed by atoms with Gasteiger partial charge in [0.2, 0.25) is 0 Å². The van der Waals surface area contributed by atoms with E-state index in [1.165, 1.54) is 0 Å². The molecule has 0 aliphatic heterocycles. The van der Waals surface area contributed by atoms with E-state index in [-0.39, 0.29) is 5.56 Å². The fourth-order valence-corrected chi connectivity index (χ4v) is 3.06. The number of aliphatic hydroxyl groups is 1. The van der Waals surface area contributed by atoms with E-state index in [1.54, 1.807) is 0 Å². The van der Waals surface area contributed by atoms with Crippen LogP contribution in [0.5, 0.6) is 0 Å². The van der Waals surface area contributed by atoms with Crippen molar-refractivity contribution in [3.63, 3.8) is 0 Å². The van der Waals surface area contributed by atoms with Gasteiger partial charge in [0.15, 0.2) is 0 Å². The standard InChI is InChI=1S/C11H8Cl2F2O2/c12-11(13)9(10(11,4-16)5-17)6-1-7(14)3-8(15)2-6/h1-4,9,17H,5H2. The predicted octanol–water partition coefficient (Wildman–Crippen LogP) is 2.41. The van der Waals surface area contributed by atoms with Gasteiger partial charge in [-0.2, -0.15) is 0 Å². The molecular weight excluding hydrogens is 273 g/mol. The molecule has 0 bridgehead atoms. The van der Waals surface area contributed by atoms with E-state index in [9.17, 15) is 18.7 Å². The summed E-state index contributed by atoms with van der Waals surface area (Å²) in [7, 11) is 0. The first-order chi connectivity index (χ1) is 7.89. The van der Waals surface area contributed by atoms with Crippen molar-refractivity contribution in [3.05, 3.63) is 35.4 Å². The summed E-state index contributed by atoms with van der Waals surface area (Å²) in [6.45, 7) is -0.577. The van der Waals surface area contributed by atoms with E-state index in [2.05, 4.69) is 0 Å². The zero-order chi connectivity index (χ0) is 12.8. The summed E-state index contributed by atoms with van der Waals surface area (Å²) in [6, 6.07) is 2.81. The highest BCUT2D eigenvalue weighted by Gasteiger charge is 2.76. The Bertz CT molecular complexity index is 458. The van der Waals surface area contributed by atoms with Crippen LogP contribution in [0.15, 0.2) is 18.2 Å². The Morgan fingerprint density at radius 3 is 2.18 bits per heavy atom. The Labute approximate surface area is 106 Å². The Hall–Kier alpha value is -0.710. The topological polar surface area (TPSA) is 37.3 Å². The van der Waals surface area contributed by atoms with Crippen LogP contribution in [0.3, 0.4) is 0 Å². The lowest BCUT2D eigenvalue weighted by Gasteiger charge is -2.04. The number of aliphatic hydroxyl groups excluding tert-OH is 1. The quantitative estimate of drug-likeness (QED) is 0.682. The highest BCUT2D eigenvalue weighted by molar-refractivity contribution is 6.54. The third-order valence-corrected chi connectivity index (χ3v) is 4.25. The fourth-order valence-electron chi connectivity index (χ4n) is 2.11. The van der Waals surface area contributed by atoms with Gasteiger partial charge >= 0.3 is 0 Å². The number of carbonyl (C=O) groups excluding carboxylic acids is 1. The van der Waals surface area contributed by atoms with Gasteiger partial charge in [0.05, 0.1) is 12.0 Å². The molecule has 92 valence electrons. The second-order valence-electron chi connectivity index (χ2n) is 4.08. The van der Waals surface area contributed by atoms with Gasteiger partial charge in [-0.3, -0.25) is 0 Å². The smallest absolute Gasteiger partial charge is 0.141 e. The molecule has 2 atom stereocenters. The van der Waals surface area contributed by atoms with Crippen LogP contribution in [-0.2, 0) is 4.79 Å². The Morgan fingerprint density at radius 1 is 1.29 bits per heavy atom. The number of alkyl halides is 2. The molecule has 1 saturated carbocycles. The number of halogens is 4. The number of hydrogen-bond donors (Lipinski definition) is 1. The lowest BCUT2D eigenvalue weighted by molar-refractivity contribution is -0.113. The summed E-state index contributed by atoms with van der Waals surface area (Å²) >= 11 is 11.8. The van der Waals surface area contributed by atoms with Gasteiger partial charge in [0, 0.05) is 12.0 Å². The number of benzene rings is 1. The van der Waals surface area contributed by atoms with Crippen LogP contribution in [-0.4, -0.2) is 22.3 Å². The summed E-state index contributed by atoms with van der Waals surface area (Å²) in [5.74, 6) is -2.38. The van der Waals surface area contributed by atoms with E-state index in [4.69, 9.17) is 23.2 Å². The van der Waals surface area contributed by atoms with Crippen LogP contribution >= 0.6 is 23.2 Å². The number of hydrogen-bond acceptors (Lipinski definition) is 2. The fraction of sp³-hybridized carbons (Fsp3) is 0.364. The molecule has 6 heteroatoms. The van der Waals surface area contributed by atoms with Gasteiger partial charge in [0.1, 0.15) is 22.3 Å². The summed E-state index contributed by atoms with van der Waals surface area (Å²) in [4.78, 5) is 11.0. The second kappa shape index (κ2) is 3.90. The minimum absolute atomic E-state index is 0.161. The molecule has 0 heterocycles. The summed E-state index contributed by atoms with van der Waals surface area (Å²) < 4.78 is 24.6. The maximum absolute atomic E-state index is 13.1. The van der Waals surface area contributed by atoms with Crippen molar-refractivity contribution in [1.82, 2.24) is 0 Å². The molecule has 0 saturated heterocycles. The molecule has 0 amide bonds. The van der Waals surface area contributed by atoms with Gasteiger partial charge in [-0.15, -0.1) is 0 Å². The molecule has 0 spiro atoms. The molecule has 1 N–H and O–H groups in total. The van der Waals surface area contributed by atoms with Crippen molar-refractivity contribution in [2.75, 3.05) is 6.61 Å². The summed E-state index contributed by atoms with van der Waals surface area (Å²) in [5, 5.41) is 9.17. The average molecular weight is 281 g/mol. The third kappa shape index (κ3) is 1.66. The summed E-state index contributed by atoms with van der Waals surface area (Å²) in [5.41, 5.74) is -1.23. The zero-order valence-corrected chi connectivity index (χ0v) is 9.97. The van der Waals surface area contributed by atoms with Crippen molar-refractivity contribution >= 4 is 29.5 Å².